The molecule has 0 aromatic heterocycles. The van der Waals surface area contributed by atoms with Crippen LogP contribution in [0.25, 0.3) is 0 Å². The van der Waals surface area contributed by atoms with Crippen molar-refractivity contribution in [2.45, 2.75) is 24.9 Å². The van der Waals surface area contributed by atoms with E-state index in [1.54, 1.807) is 12.1 Å². The molecule has 3 rings (SSSR count). The van der Waals surface area contributed by atoms with E-state index in [0.717, 1.165) is 31.2 Å². The number of hydrogen-bond donors (Lipinski definition) is 1. The molecule has 1 aromatic carbocycles. The van der Waals surface area contributed by atoms with Gasteiger partial charge in [0.2, 0.25) is 0 Å². The Balaban J connectivity index is 1.76. The lowest BCUT2D eigenvalue weighted by molar-refractivity contribution is 0.190. The quantitative estimate of drug-likeness (QED) is 0.819. The fourth-order valence-corrected chi connectivity index (χ4v) is 2.51. The maximum atomic E-state index is 13.7. The molecule has 86 valence electrons. The summed E-state index contributed by atoms with van der Waals surface area (Å²) in [5.74, 6) is -0.0855. The maximum Gasteiger partial charge on any atom is 0.128 e. The lowest BCUT2D eigenvalue weighted by atomic mass is 10.0. The molecule has 0 spiro atoms. The summed E-state index contributed by atoms with van der Waals surface area (Å²) in [4.78, 5) is 2.49. The van der Waals surface area contributed by atoms with Crippen LogP contribution in [0.4, 0.5) is 4.39 Å². The molecule has 2 aliphatic rings. The van der Waals surface area contributed by atoms with Gasteiger partial charge in [-0.2, -0.15) is 0 Å². The van der Waals surface area contributed by atoms with Gasteiger partial charge in [0.25, 0.3) is 0 Å². The Labute approximate surface area is 95.4 Å². The van der Waals surface area contributed by atoms with Gasteiger partial charge in [0.15, 0.2) is 0 Å². The summed E-state index contributed by atoms with van der Waals surface area (Å²) in [6.45, 7) is 3.02. The second kappa shape index (κ2) is 4.15. The lowest BCUT2D eigenvalue weighted by Gasteiger charge is -2.34. The van der Waals surface area contributed by atoms with Gasteiger partial charge in [-0.05, 0) is 18.9 Å². The Morgan fingerprint density at radius 2 is 2.06 bits per heavy atom. The van der Waals surface area contributed by atoms with Gasteiger partial charge in [-0.25, -0.2) is 4.39 Å². The van der Waals surface area contributed by atoms with Crippen LogP contribution in [0.1, 0.15) is 24.4 Å². The zero-order valence-electron chi connectivity index (χ0n) is 9.32. The number of rotatable bonds is 2. The van der Waals surface area contributed by atoms with Crippen LogP contribution in [-0.2, 0) is 0 Å². The first-order valence-electron chi connectivity index (χ1n) is 6.06. The third kappa shape index (κ3) is 1.97. The summed E-state index contributed by atoms with van der Waals surface area (Å²) in [5, 5.41) is 3.41. The number of nitrogens with one attached hydrogen (secondary N) is 1. The Morgan fingerprint density at radius 1 is 1.25 bits per heavy atom. The summed E-state index contributed by atoms with van der Waals surface area (Å²) >= 11 is 0. The van der Waals surface area contributed by atoms with E-state index in [1.807, 2.05) is 12.1 Å². The molecule has 1 atom stereocenters. The summed E-state index contributed by atoms with van der Waals surface area (Å²) in [6.07, 6.45) is 2.65. The first-order valence-corrected chi connectivity index (χ1v) is 6.06. The third-order valence-electron chi connectivity index (χ3n) is 3.55. The Bertz CT molecular complexity index is 376. The zero-order chi connectivity index (χ0) is 11.0. The molecule has 1 N–H and O–H groups in total. The van der Waals surface area contributed by atoms with E-state index in [-0.39, 0.29) is 11.9 Å². The molecule has 0 bridgehead atoms. The molecule has 1 saturated heterocycles. The SMILES string of the molecule is Fc1ccccc1[C@H]1CN(C2CC2)CCN1. The zero-order valence-corrected chi connectivity index (χ0v) is 9.32. The highest BCUT2D eigenvalue weighted by Gasteiger charge is 2.33. The van der Waals surface area contributed by atoms with Crippen LogP contribution in [0.2, 0.25) is 0 Å². The highest BCUT2D eigenvalue weighted by atomic mass is 19.1. The minimum absolute atomic E-state index is 0.0855. The van der Waals surface area contributed by atoms with Crippen LogP contribution in [0, 0.1) is 5.82 Å². The van der Waals surface area contributed by atoms with Crippen LogP contribution < -0.4 is 5.32 Å². The third-order valence-corrected chi connectivity index (χ3v) is 3.55. The summed E-state index contributed by atoms with van der Waals surface area (Å²) in [7, 11) is 0. The van der Waals surface area contributed by atoms with Crippen molar-refractivity contribution in [1.29, 1.82) is 0 Å². The highest BCUT2D eigenvalue weighted by Crippen LogP contribution is 2.30. The Kier molecular flexibility index (Phi) is 2.65. The van der Waals surface area contributed by atoms with Crippen LogP contribution in [0.3, 0.4) is 0 Å². The average Bonchev–Trinajstić information content (AvgIpc) is 3.14. The first kappa shape index (κ1) is 10.2. The molecule has 1 heterocycles. The minimum Gasteiger partial charge on any atom is -0.307 e. The van der Waals surface area contributed by atoms with E-state index in [0.29, 0.717) is 0 Å². The molecule has 3 heteroatoms. The van der Waals surface area contributed by atoms with Crippen molar-refractivity contribution in [3.05, 3.63) is 35.6 Å². The first-order chi connectivity index (χ1) is 7.84. The number of nitrogens with zero attached hydrogens (tertiary/aromatic N) is 1. The highest BCUT2D eigenvalue weighted by molar-refractivity contribution is 5.22. The molecule has 2 fully saturated rings. The van der Waals surface area contributed by atoms with Crippen LogP contribution in [0.15, 0.2) is 24.3 Å². The molecule has 0 unspecified atom stereocenters. The predicted molar refractivity (Wildman–Crippen MR) is 61.7 cm³/mol. The van der Waals surface area contributed by atoms with Gasteiger partial charge in [0.05, 0.1) is 0 Å². The predicted octanol–water partition coefficient (Wildman–Crippen LogP) is 1.93. The molecule has 0 amide bonds. The van der Waals surface area contributed by atoms with Crippen molar-refractivity contribution < 1.29 is 4.39 Å². The maximum absolute atomic E-state index is 13.7. The molecule has 16 heavy (non-hydrogen) atoms. The fraction of sp³-hybridized carbons (Fsp3) is 0.538. The molecule has 1 aliphatic carbocycles. The van der Waals surface area contributed by atoms with Crippen molar-refractivity contribution in [2.24, 2.45) is 0 Å². The number of halogens is 1. The molecule has 0 radical (unpaired) electrons. The summed E-state index contributed by atoms with van der Waals surface area (Å²) in [5.41, 5.74) is 0.813. The van der Waals surface area contributed by atoms with Crippen molar-refractivity contribution in [1.82, 2.24) is 10.2 Å². The lowest BCUT2D eigenvalue weighted by Crippen LogP contribution is -2.46. The number of benzene rings is 1. The second-order valence-corrected chi connectivity index (χ2v) is 4.75. The topological polar surface area (TPSA) is 15.3 Å². The van der Waals surface area contributed by atoms with Gasteiger partial charge in [-0.15, -0.1) is 0 Å². The van der Waals surface area contributed by atoms with Gasteiger partial charge in [0.1, 0.15) is 5.82 Å². The van der Waals surface area contributed by atoms with Crippen LogP contribution in [0.5, 0.6) is 0 Å². The second-order valence-electron chi connectivity index (χ2n) is 4.75. The van der Waals surface area contributed by atoms with E-state index in [2.05, 4.69) is 10.2 Å². The fourth-order valence-electron chi connectivity index (χ4n) is 2.51. The van der Waals surface area contributed by atoms with Gasteiger partial charge in [-0.1, -0.05) is 18.2 Å². The van der Waals surface area contributed by atoms with Crippen molar-refractivity contribution in [2.75, 3.05) is 19.6 Å². The van der Waals surface area contributed by atoms with E-state index in [9.17, 15) is 4.39 Å². The Hall–Kier alpha value is -0.930. The monoisotopic (exact) mass is 220 g/mol. The largest absolute Gasteiger partial charge is 0.307 e. The van der Waals surface area contributed by atoms with Crippen LogP contribution >= 0.6 is 0 Å². The summed E-state index contributed by atoms with van der Waals surface area (Å²) in [6, 6.07) is 8.04. The molecule has 2 nitrogen and oxygen atoms in total. The van der Waals surface area contributed by atoms with Crippen molar-refractivity contribution in [3.8, 4) is 0 Å². The van der Waals surface area contributed by atoms with E-state index < -0.39 is 0 Å². The summed E-state index contributed by atoms with van der Waals surface area (Å²) < 4.78 is 13.7. The molecular weight excluding hydrogens is 203 g/mol. The van der Waals surface area contributed by atoms with Crippen LogP contribution in [-0.4, -0.2) is 30.6 Å². The molecule has 1 aromatic rings. The van der Waals surface area contributed by atoms with Gasteiger partial charge in [0, 0.05) is 37.3 Å². The smallest absolute Gasteiger partial charge is 0.128 e. The van der Waals surface area contributed by atoms with Gasteiger partial charge >= 0.3 is 0 Å². The number of piperazine rings is 1. The minimum atomic E-state index is -0.0855. The normalized spacial score (nSPS) is 26.9. The number of hydrogen-bond acceptors (Lipinski definition) is 2. The van der Waals surface area contributed by atoms with Gasteiger partial charge < -0.3 is 5.32 Å². The van der Waals surface area contributed by atoms with Crippen molar-refractivity contribution in [3.63, 3.8) is 0 Å². The molecular formula is C13H17FN2. The average molecular weight is 220 g/mol. The van der Waals surface area contributed by atoms with Gasteiger partial charge in [-0.3, -0.25) is 4.90 Å². The van der Waals surface area contributed by atoms with E-state index in [1.165, 1.54) is 12.8 Å². The molecule has 1 aliphatic heterocycles. The standard InChI is InChI=1S/C13H17FN2/c14-12-4-2-1-3-11(12)13-9-16(8-7-15-13)10-5-6-10/h1-4,10,13,15H,5-9H2/t13-/m1/s1. The molecule has 1 saturated carbocycles. The van der Waals surface area contributed by atoms with E-state index in [4.69, 9.17) is 0 Å². The van der Waals surface area contributed by atoms with Crippen molar-refractivity contribution >= 4 is 0 Å². The Morgan fingerprint density at radius 3 is 2.81 bits per heavy atom. The van der Waals surface area contributed by atoms with E-state index >= 15 is 0 Å².